The van der Waals surface area contributed by atoms with Gasteiger partial charge in [-0.2, -0.15) is 0 Å². The maximum Gasteiger partial charge on any atom is 0.308 e. The molecule has 0 spiro atoms. The fourth-order valence-electron chi connectivity index (χ4n) is 0.637. The smallest absolute Gasteiger partial charge is 0.0958 e. The second-order valence-corrected chi connectivity index (χ2v) is 1.99. The average Bonchev–Trinajstić information content (AvgIpc) is 1.90. The van der Waals surface area contributed by atoms with Crippen LogP contribution >= 0.6 is 0 Å². The molecule has 0 aliphatic rings. The van der Waals surface area contributed by atoms with Gasteiger partial charge in [0, 0.05) is 0 Å². The Labute approximate surface area is 54.6 Å². The van der Waals surface area contributed by atoms with Crippen molar-refractivity contribution in [1.82, 2.24) is 0 Å². The molecule has 1 rings (SSSR count). The van der Waals surface area contributed by atoms with Crippen LogP contribution in [0.5, 0.6) is 0 Å². The molecular formula is C8H8N+. The van der Waals surface area contributed by atoms with Crippen LogP contribution in [0.2, 0.25) is 0 Å². The maximum absolute atomic E-state index is 6.76. The van der Waals surface area contributed by atoms with Gasteiger partial charge in [-0.25, -0.2) is 0 Å². The van der Waals surface area contributed by atoms with Crippen LogP contribution in [0.4, 0.5) is 0 Å². The highest BCUT2D eigenvalue weighted by molar-refractivity contribution is 5.30. The molecule has 0 fully saturated rings. The summed E-state index contributed by atoms with van der Waals surface area (Å²) in [5, 5.41) is 6.76. The minimum Gasteiger partial charge on any atom is -0.0958 e. The number of rotatable bonds is 0. The first-order valence-electron chi connectivity index (χ1n) is 2.82. The number of aryl methyl sites for hydroxylation is 1. The molecule has 0 saturated carbocycles. The van der Waals surface area contributed by atoms with E-state index in [-0.39, 0.29) is 0 Å². The summed E-state index contributed by atoms with van der Waals surface area (Å²) in [6, 6.07) is 10.00. The van der Waals surface area contributed by atoms with E-state index < -0.39 is 0 Å². The van der Waals surface area contributed by atoms with E-state index >= 15 is 0 Å². The third-order valence-corrected chi connectivity index (χ3v) is 1.20. The highest BCUT2D eigenvalue weighted by atomic mass is 14.2. The van der Waals surface area contributed by atoms with Crippen LogP contribution in [0.25, 0.3) is 0 Å². The molecule has 0 heterocycles. The summed E-state index contributed by atoms with van der Waals surface area (Å²) in [7, 11) is 0. The lowest BCUT2D eigenvalue weighted by atomic mass is 10.2. The van der Waals surface area contributed by atoms with Gasteiger partial charge in [-0.3, -0.25) is 0 Å². The second kappa shape index (κ2) is 2.32. The van der Waals surface area contributed by atoms with E-state index in [1.165, 1.54) is 5.56 Å². The first-order chi connectivity index (χ1) is 4.33. The predicted octanol–water partition coefficient (Wildman–Crippen LogP) is 0.116. The number of hydrogen-bond acceptors (Lipinski definition) is 0. The van der Waals surface area contributed by atoms with Crippen LogP contribution in [0.3, 0.4) is 0 Å². The second-order valence-electron chi connectivity index (χ2n) is 1.99. The van der Waals surface area contributed by atoms with Gasteiger partial charge in [0.05, 0.1) is 0 Å². The van der Waals surface area contributed by atoms with Gasteiger partial charge in [0.15, 0.2) is 0 Å². The van der Waals surface area contributed by atoms with Crippen molar-refractivity contribution < 1.29 is 5.26 Å². The number of hydrogen-bond donors (Lipinski definition) is 1. The van der Waals surface area contributed by atoms with Crippen molar-refractivity contribution in [3.8, 4) is 6.07 Å². The summed E-state index contributed by atoms with van der Waals surface area (Å²) in [5.41, 5.74) is 2.05. The zero-order valence-electron chi connectivity index (χ0n) is 5.31. The summed E-state index contributed by atoms with van der Waals surface area (Å²) in [4.78, 5) is 0. The molecule has 1 aromatic carbocycles. The van der Waals surface area contributed by atoms with Crippen LogP contribution < -0.4 is 5.26 Å². The molecule has 0 unspecified atom stereocenters. The predicted molar refractivity (Wildman–Crippen MR) is 35.1 cm³/mol. The fraction of sp³-hybridized carbons (Fsp3) is 0.125. The largest absolute Gasteiger partial charge is 0.308 e. The van der Waals surface area contributed by atoms with Crippen LogP contribution in [-0.4, -0.2) is 0 Å². The van der Waals surface area contributed by atoms with Gasteiger partial charge < -0.3 is 0 Å². The van der Waals surface area contributed by atoms with Crippen molar-refractivity contribution in [2.45, 2.75) is 6.92 Å². The zero-order valence-corrected chi connectivity index (χ0v) is 5.31. The van der Waals surface area contributed by atoms with Crippen LogP contribution in [0.1, 0.15) is 11.1 Å². The first kappa shape index (κ1) is 5.84. The standard InChI is InChI=1S/C8H7N/c1-7-2-4-8(6-9)5-3-7/h2-5H,1H3/p+1. The SMILES string of the molecule is Cc1ccc(C#[NH+])cc1. The van der Waals surface area contributed by atoms with Crippen molar-refractivity contribution >= 4 is 0 Å². The Balaban J connectivity index is 3.06. The molecule has 0 saturated heterocycles. The molecule has 1 nitrogen and oxygen atoms in total. The molecule has 1 N–H and O–H groups in total. The Morgan fingerprint density at radius 2 is 1.78 bits per heavy atom. The summed E-state index contributed by atoms with van der Waals surface area (Å²) in [5.74, 6) is 0. The van der Waals surface area contributed by atoms with E-state index in [0.29, 0.717) is 0 Å². The Morgan fingerprint density at radius 3 is 2.22 bits per heavy atom. The van der Waals surface area contributed by atoms with Crippen molar-refractivity contribution in [3.05, 3.63) is 35.4 Å². The van der Waals surface area contributed by atoms with E-state index in [4.69, 9.17) is 5.26 Å². The summed E-state index contributed by atoms with van der Waals surface area (Å²) in [6.45, 7) is 2.02. The molecule has 1 aromatic rings. The van der Waals surface area contributed by atoms with Crippen LogP contribution in [-0.2, 0) is 0 Å². The first-order valence-corrected chi connectivity index (χ1v) is 2.82. The Kier molecular flexibility index (Phi) is 1.51. The summed E-state index contributed by atoms with van der Waals surface area (Å²) in [6.07, 6.45) is 0. The molecule has 44 valence electrons. The molecule has 0 aliphatic carbocycles. The van der Waals surface area contributed by atoms with Gasteiger partial charge in [0.2, 0.25) is 0 Å². The minimum absolute atomic E-state index is 0.834. The normalized spacial score (nSPS) is 8.44. The molecule has 0 aliphatic heterocycles. The van der Waals surface area contributed by atoms with E-state index in [9.17, 15) is 0 Å². The lowest BCUT2D eigenvalue weighted by Gasteiger charge is -1.86. The molecule has 0 aromatic heterocycles. The third kappa shape index (κ3) is 1.30. The topological polar surface area (TPSA) is 23.8 Å². The third-order valence-electron chi connectivity index (χ3n) is 1.20. The molecule has 9 heavy (non-hydrogen) atoms. The number of nitrogens with one attached hydrogen (secondary N) is 1. The van der Waals surface area contributed by atoms with Crippen LogP contribution in [0, 0.1) is 13.0 Å². The average molecular weight is 118 g/mol. The molecule has 0 amide bonds. The molecular weight excluding hydrogens is 110 g/mol. The van der Waals surface area contributed by atoms with Crippen molar-refractivity contribution in [2.24, 2.45) is 0 Å². The Bertz CT molecular complexity index is 228. The minimum atomic E-state index is 0.834. The van der Waals surface area contributed by atoms with Gasteiger partial charge in [-0.1, -0.05) is 23.0 Å². The van der Waals surface area contributed by atoms with Gasteiger partial charge in [-0.05, 0) is 19.1 Å². The number of benzene rings is 1. The highest BCUT2D eigenvalue weighted by Gasteiger charge is 1.89. The van der Waals surface area contributed by atoms with Gasteiger partial charge in [0.1, 0.15) is 5.56 Å². The van der Waals surface area contributed by atoms with Gasteiger partial charge in [0.25, 0.3) is 0 Å². The van der Waals surface area contributed by atoms with E-state index in [2.05, 4.69) is 6.07 Å². The van der Waals surface area contributed by atoms with Gasteiger partial charge >= 0.3 is 6.07 Å². The van der Waals surface area contributed by atoms with Gasteiger partial charge in [-0.15, -0.1) is 0 Å². The van der Waals surface area contributed by atoms with Crippen LogP contribution in [0.15, 0.2) is 24.3 Å². The summed E-state index contributed by atoms with van der Waals surface area (Å²) >= 11 is 0. The molecule has 0 bridgehead atoms. The quantitative estimate of drug-likeness (QED) is 0.500. The Hall–Kier alpha value is -1.29. The Morgan fingerprint density at radius 1 is 1.22 bits per heavy atom. The van der Waals surface area contributed by atoms with Crippen molar-refractivity contribution in [3.63, 3.8) is 0 Å². The lowest BCUT2D eigenvalue weighted by molar-refractivity contribution is -0.0909. The fourth-order valence-corrected chi connectivity index (χ4v) is 0.637. The lowest BCUT2D eigenvalue weighted by Crippen LogP contribution is -2.17. The zero-order chi connectivity index (χ0) is 6.69. The molecule has 1 heteroatoms. The van der Waals surface area contributed by atoms with E-state index in [1.54, 1.807) is 0 Å². The summed E-state index contributed by atoms with van der Waals surface area (Å²) < 4.78 is 0. The molecule has 0 atom stereocenters. The highest BCUT2D eigenvalue weighted by Crippen LogP contribution is 1.99. The maximum atomic E-state index is 6.76. The van der Waals surface area contributed by atoms with E-state index in [1.807, 2.05) is 31.2 Å². The monoisotopic (exact) mass is 118 g/mol. The molecule has 0 radical (unpaired) electrons. The van der Waals surface area contributed by atoms with E-state index in [0.717, 1.165) is 5.56 Å². The van der Waals surface area contributed by atoms with Crippen molar-refractivity contribution in [2.75, 3.05) is 0 Å². The van der Waals surface area contributed by atoms with Crippen molar-refractivity contribution in [1.29, 1.82) is 0 Å².